The van der Waals surface area contributed by atoms with E-state index < -0.39 is 23.2 Å². The van der Waals surface area contributed by atoms with Crippen LogP contribution in [0.5, 0.6) is 0 Å². The third-order valence-electron chi connectivity index (χ3n) is 5.09. The van der Waals surface area contributed by atoms with Gasteiger partial charge >= 0.3 is 145 Å². The molecule has 2 aromatic carbocycles. The van der Waals surface area contributed by atoms with Gasteiger partial charge < -0.3 is 9.41 Å². The second-order valence-electron chi connectivity index (χ2n) is 6.17. The molecule has 0 N–H and O–H groups in total. The van der Waals surface area contributed by atoms with Gasteiger partial charge in [0.2, 0.25) is 0 Å². The molecule has 0 spiro atoms. The molecule has 2 aliphatic carbocycles. The van der Waals surface area contributed by atoms with Crippen LogP contribution in [-0.4, -0.2) is 6.16 Å². The molecule has 1 aliphatic heterocycles. The van der Waals surface area contributed by atoms with E-state index in [1.807, 2.05) is 0 Å². The SMILES string of the molecule is CCP1C2=Cc3ccccc3[CH]2[Zr+2][CH]2C1=Cc1ccccc12.[F-].[F-]. The monoisotopic (exact) mass is 416 g/mol. The Morgan fingerprint density at radius 1 is 0.792 bits per heavy atom. The van der Waals surface area contributed by atoms with E-state index in [0.29, 0.717) is 0 Å². The van der Waals surface area contributed by atoms with Crippen molar-refractivity contribution in [3.63, 3.8) is 0 Å². The van der Waals surface area contributed by atoms with Gasteiger partial charge in [-0.3, -0.25) is 0 Å². The first-order chi connectivity index (χ1) is 10.9. The van der Waals surface area contributed by atoms with Crippen LogP contribution in [0.3, 0.4) is 0 Å². The summed E-state index contributed by atoms with van der Waals surface area (Å²) in [6.45, 7) is 2.39. The molecule has 0 saturated carbocycles. The van der Waals surface area contributed by atoms with E-state index in [-0.39, 0.29) is 17.3 Å². The largest absolute Gasteiger partial charge is 1.00 e. The second kappa shape index (κ2) is 6.77. The summed E-state index contributed by atoms with van der Waals surface area (Å²) in [5, 5.41) is 3.61. The molecule has 1 fully saturated rings. The maximum absolute atomic E-state index is 2.55. The topological polar surface area (TPSA) is 0 Å². The fourth-order valence-electron chi connectivity index (χ4n) is 4.11. The molecule has 0 aromatic heterocycles. The molecule has 4 heteroatoms. The van der Waals surface area contributed by atoms with E-state index in [4.69, 9.17) is 0 Å². The van der Waals surface area contributed by atoms with Crippen molar-refractivity contribution in [1.29, 1.82) is 0 Å². The molecule has 0 amide bonds. The van der Waals surface area contributed by atoms with E-state index in [2.05, 4.69) is 67.6 Å². The zero-order valence-corrected chi connectivity index (χ0v) is 16.7. The van der Waals surface area contributed by atoms with Crippen LogP contribution in [-0.2, 0) is 23.2 Å². The summed E-state index contributed by atoms with van der Waals surface area (Å²) in [5.41, 5.74) is 6.32. The predicted octanol–water partition coefficient (Wildman–Crippen LogP) is -0.216. The van der Waals surface area contributed by atoms with Gasteiger partial charge in [0.25, 0.3) is 0 Å². The number of benzene rings is 2. The molecule has 1 saturated heterocycles. The molecule has 5 rings (SSSR count). The second-order valence-corrected chi connectivity index (χ2v) is 12.4. The van der Waals surface area contributed by atoms with Crippen LogP contribution in [0.2, 0.25) is 0 Å². The summed E-state index contributed by atoms with van der Waals surface area (Å²) in [4.78, 5) is 0. The minimum atomic E-state index is -0.544. The van der Waals surface area contributed by atoms with E-state index in [1.165, 1.54) is 17.3 Å². The zero-order valence-electron chi connectivity index (χ0n) is 13.3. The van der Waals surface area contributed by atoms with Gasteiger partial charge in [0, 0.05) is 0 Å². The number of halogens is 2. The number of fused-ring (bicyclic) bond motifs is 6. The first-order valence-corrected chi connectivity index (χ1v) is 12.4. The quantitative estimate of drug-likeness (QED) is 0.563. The average molecular weight is 418 g/mol. The van der Waals surface area contributed by atoms with Gasteiger partial charge in [-0.25, -0.2) is 0 Å². The third-order valence-corrected chi connectivity index (χ3v) is 13.6. The van der Waals surface area contributed by atoms with Crippen LogP contribution in [0.1, 0.15) is 36.4 Å². The number of hydrogen-bond acceptors (Lipinski definition) is 0. The number of rotatable bonds is 1. The maximum Gasteiger partial charge on any atom is -1.00 e. The molecule has 0 bridgehead atoms. The fourth-order valence-corrected chi connectivity index (χ4v) is 14.1. The molecule has 0 nitrogen and oxygen atoms in total. The van der Waals surface area contributed by atoms with E-state index in [0.717, 1.165) is 7.25 Å². The Hall–Kier alpha value is -0.907. The normalized spacial score (nSPS) is 24.5. The van der Waals surface area contributed by atoms with Crippen molar-refractivity contribution in [1.82, 2.24) is 0 Å². The average Bonchev–Trinajstić information content (AvgIpc) is 3.11. The predicted molar refractivity (Wildman–Crippen MR) is 91.8 cm³/mol. The molecule has 1 heterocycles. The van der Waals surface area contributed by atoms with Crippen molar-refractivity contribution in [2.24, 2.45) is 0 Å². The Bertz CT molecular complexity index is 776. The molecule has 24 heavy (non-hydrogen) atoms. The Morgan fingerprint density at radius 2 is 1.25 bits per heavy atom. The number of hydrogen-bond donors (Lipinski definition) is 0. The van der Waals surface area contributed by atoms with Gasteiger partial charge in [-0.15, -0.1) is 0 Å². The van der Waals surface area contributed by atoms with Gasteiger partial charge in [0.05, 0.1) is 0 Å². The molecule has 120 valence electrons. The van der Waals surface area contributed by atoms with Crippen LogP contribution in [0.4, 0.5) is 0 Å². The Kier molecular flexibility index (Phi) is 5.05. The van der Waals surface area contributed by atoms with Crippen molar-refractivity contribution in [2.75, 3.05) is 6.16 Å². The van der Waals surface area contributed by atoms with Crippen LogP contribution in [0.25, 0.3) is 12.2 Å². The molecule has 0 radical (unpaired) electrons. The molecule has 3 aliphatic rings. The fraction of sp³-hybridized carbons (Fsp3) is 0.200. The minimum absolute atomic E-state index is 0. The van der Waals surface area contributed by atoms with Crippen molar-refractivity contribution in [3.05, 3.63) is 81.4 Å². The van der Waals surface area contributed by atoms with Crippen LogP contribution in [0, 0.1) is 0 Å². The van der Waals surface area contributed by atoms with Crippen LogP contribution < -0.4 is 9.41 Å². The van der Waals surface area contributed by atoms with Crippen molar-refractivity contribution < 1.29 is 32.6 Å². The Labute approximate surface area is 154 Å². The zero-order chi connectivity index (χ0) is 14.7. The third kappa shape index (κ3) is 2.44. The van der Waals surface area contributed by atoms with Gasteiger partial charge in [-0.2, -0.15) is 0 Å². The van der Waals surface area contributed by atoms with Gasteiger partial charge in [0.15, 0.2) is 0 Å². The standard InChI is InChI=1S/C20H17P.2FH.Zr/c1-2-21(19-11-15-7-3-4-8-16(15)12-19)20-13-17-9-5-6-10-18(17)14-20;;;/h3-14H,2H2,1H3;2*1H;/q;;;+2/p-2. The summed E-state index contributed by atoms with van der Waals surface area (Å²) in [6, 6.07) is 18.3. The maximum atomic E-state index is 2.55. The van der Waals surface area contributed by atoms with Crippen molar-refractivity contribution in [3.8, 4) is 0 Å². The van der Waals surface area contributed by atoms with E-state index >= 15 is 0 Å². The first-order valence-electron chi connectivity index (χ1n) is 8.01. The van der Waals surface area contributed by atoms with Gasteiger partial charge in [-0.05, 0) is 0 Å². The van der Waals surface area contributed by atoms with Gasteiger partial charge in [-0.1, -0.05) is 0 Å². The molecular formula is C20H17F2PZr. The van der Waals surface area contributed by atoms with Crippen LogP contribution in [0.15, 0.2) is 59.2 Å². The summed E-state index contributed by atoms with van der Waals surface area (Å²) < 4.78 is 1.67. The summed E-state index contributed by atoms with van der Waals surface area (Å²) >= 11 is -0.544. The Balaban J connectivity index is 0.000000845. The molecule has 2 unspecified atom stereocenters. The Morgan fingerprint density at radius 3 is 1.71 bits per heavy atom. The van der Waals surface area contributed by atoms with E-state index in [1.54, 1.807) is 21.8 Å². The molecule has 2 atom stereocenters. The van der Waals surface area contributed by atoms with Crippen LogP contribution >= 0.6 is 7.92 Å². The summed E-state index contributed by atoms with van der Waals surface area (Å²) in [6.07, 6.45) is 6.41. The first kappa shape index (κ1) is 17.9. The molecule has 2 aromatic rings. The summed E-state index contributed by atoms with van der Waals surface area (Å²) in [5.74, 6) is 0. The smallest absolute Gasteiger partial charge is 1.00 e. The summed E-state index contributed by atoms with van der Waals surface area (Å²) in [7, 11) is -0.0783. The van der Waals surface area contributed by atoms with Gasteiger partial charge in [0.1, 0.15) is 0 Å². The molecular weight excluding hydrogens is 400 g/mol. The minimum Gasteiger partial charge on any atom is -1.00 e. The van der Waals surface area contributed by atoms with Crippen molar-refractivity contribution >= 4 is 20.1 Å². The van der Waals surface area contributed by atoms with E-state index in [9.17, 15) is 0 Å². The van der Waals surface area contributed by atoms with Crippen molar-refractivity contribution in [2.45, 2.75) is 14.2 Å². The number of allylic oxidation sites excluding steroid dienone is 2.